The van der Waals surface area contributed by atoms with Gasteiger partial charge in [-0.05, 0) is 24.3 Å². The highest BCUT2D eigenvalue weighted by Gasteiger charge is 2.15. The molecule has 0 saturated carbocycles. The van der Waals surface area contributed by atoms with Crippen molar-refractivity contribution in [2.45, 2.75) is 6.54 Å². The van der Waals surface area contributed by atoms with Crippen LogP contribution in [0, 0.1) is 0 Å². The average molecular weight is 312 g/mol. The molecule has 8 nitrogen and oxygen atoms in total. The monoisotopic (exact) mass is 312 g/mol. The van der Waals surface area contributed by atoms with Crippen LogP contribution in [-0.2, 0) is 11.3 Å². The first kappa shape index (κ1) is 13.4. The summed E-state index contributed by atoms with van der Waals surface area (Å²) >= 11 is 0. The molecule has 116 valence electrons. The zero-order valence-electron chi connectivity index (χ0n) is 11.9. The van der Waals surface area contributed by atoms with Crippen LogP contribution in [0.25, 0.3) is 5.65 Å². The Morgan fingerprint density at radius 2 is 2.09 bits per heavy atom. The second-order valence-corrected chi connectivity index (χ2v) is 4.99. The normalized spacial score (nSPS) is 12.5. The van der Waals surface area contributed by atoms with Gasteiger partial charge in [-0.15, -0.1) is 5.10 Å². The minimum absolute atomic E-state index is 0.170. The van der Waals surface area contributed by atoms with E-state index < -0.39 is 0 Å². The number of carbonyl (C=O) groups excluding carboxylic acids is 1. The Bertz CT molecular complexity index is 960. The van der Waals surface area contributed by atoms with Crippen molar-refractivity contribution in [3.05, 3.63) is 53.1 Å². The molecule has 0 radical (unpaired) electrons. The lowest BCUT2D eigenvalue weighted by Crippen LogP contribution is -2.28. The van der Waals surface area contributed by atoms with E-state index in [1.165, 1.54) is 4.40 Å². The van der Waals surface area contributed by atoms with Crippen molar-refractivity contribution in [1.82, 2.24) is 14.2 Å². The van der Waals surface area contributed by atoms with Gasteiger partial charge >= 0.3 is 5.69 Å². The van der Waals surface area contributed by atoms with Crippen LogP contribution in [0.3, 0.4) is 0 Å². The molecule has 1 aliphatic heterocycles. The summed E-state index contributed by atoms with van der Waals surface area (Å²) in [4.78, 5) is 24.2. The zero-order chi connectivity index (χ0) is 15.8. The lowest BCUT2D eigenvalue weighted by molar-refractivity contribution is -0.117. The van der Waals surface area contributed by atoms with Crippen molar-refractivity contribution in [1.29, 1.82) is 0 Å². The van der Waals surface area contributed by atoms with Crippen LogP contribution in [0.2, 0.25) is 0 Å². The maximum atomic E-state index is 12.1. The van der Waals surface area contributed by atoms with Crippen LogP contribution in [-0.4, -0.2) is 26.9 Å². The molecule has 0 bridgehead atoms. The van der Waals surface area contributed by atoms with E-state index in [1.807, 2.05) is 0 Å². The standard InChI is InChI=1S/C15H12N4O4/c20-14(16-10-4-5-11-12(7-10)23-9-22-11)8-19-15(21)18-6-2-1-3-13(18)17-19/h1-7H,8-9H2,(H,16,20). The predicted molar refractivity (Wildman–Crippen MR) is 80.6 cm³/mol. The summed E-state index contributed by atoms with van der Waals surface area (Å²) in [5.41, 5.74) is 0.700. The second-order valence-electron chi connectivity index (χ2n) is 4.99. The molecule has 4 rings (SSSR count). The van der Waals surface area contributed by atoms with E-state index in [9.17, 15) is 9.59 Å². The summed E-state index contributed by atoms with van der Waals surface area (Å²) < 4.78 is 13.0. The van der Waals surface area contributed by atoms with Gasteiger partial charge in [0.15, 0.2) is 17.1 Å². The van der Waals surface area contributed by atoms with Gasteiger partial charge in [-0.3, -0.25) is 9.20 Å². The van der Waals surface area contributed by atoms with Gasteiger partial charge in [-0.2, -0.15) is 0 Å². The summed E-state index contributed by atoms with van der Waals surface area (Å²) in [6, 6.07) is 10.3. The van der Waals surface area contributed by atoms with Gasteiger partial charge in [-0.1, -0.05) is 6.07 Å². The number of ether oxygens (including phenoxy) is 2. The van der Waals surface area contributed by atoms with Gasteiger partial charge in [0.2, 0.25) is 12.7 Å². The number of nitrogens with one attached hydrogen (secondary N) is 1. The van der Waals surface area contributed by atoms with Gasteiger partial charge in [0, 0.05) is 18.0 Å². The molecule has 23 heavy (non-hydrogen) atoms. The topological polar surface area (TPSA) is 86.9 Å². The molecule has 2 aromatic heterocycles. The number of hydrogen-bond donors (Lipinski definition) is 1. The molecule has 0 spiro atoms. The Morgan fingerprint density at radius 1 is 1.22 bits per heavy atom. The Morgan fingerprint density at radius 3 is 2.96 bits per heavy atom. The van der Waals surface area contributed by atoms with Crippen molar-refractivity contribution in [2.75, 3.05) is 12.1 Å². The Labute approximate surface area is 129 Å². The number of nitrogens with zero attached hydrogens (tertiary/aromatic N) is 3. The molecule has 0 unspecified atom stereocenters. The van der Waals surface area contributed by atoms with E-state index in [1.54, 1.807) is 42.6 Å². The lowest BCUT2D eigenvalue weighted by atomic mass is 10.3. The van der Waals surface area contributed by atoms with Crippen LogP contribution >= 0.6 is 0 Å². The number of anilines is 1. The third kappa shape index (κ3) is 2.39. The number of carbonyl (C=O) groups is 1. The van der Waals surface area contributed by atoms with Gasteiger partial charge in [0.1, 0.15) is 6.54 Å². The van der Waals surface area contributed by atoms with E-state index in [0.29, 0.717) is 22.8 Å². The molecule has 3 aromatic rings. The third-order valence-corrected chi connectivity index (χ3v) is 3.44. The SMILES string of the molecule is O=C(Cn1nc2ccccn2c1=O)Nc1ccc2c(c1)OCO2. The first-order valence-corrected chi connectivity index (χ1v) is 6.94. The lowest BCUT2D eigenvalue weighted by Gasteiger charge is -2.05. The van der Waals surface area contributed by atoms with E-state index in [0.717, 1.165) is 4.68 Å². The number of benzene rings is 1. The van der Waals surface area contributed by atoms with Crippen LogP contribution < -0.4 is 20.5 Å². The number of aromatic nitrogens is 3. The summed E-state index contributed by atoms with van der Waals surface area (Å²) in [5.74, 6) is 0.863. The number of amides is 1. The maximum Gasteiger partial charge on any atom is 0.350 e. The van der Waals surface area contributed by atoms with Crippen molar-refractivity contribution in [3.63, 3.8) is 0 Å². The van der Waals surface area contributed by atoms with Crippen molar-refractivity contribution in [3.8, 4) is 11.5 Å². The number of fused-ring (bicyclic) bond motifs is 2. The van der Waals surface area contributed by atoms with Crippen LogP contribution in [0.1, 0.15) is 0 Å². The molecule has 3 heterocycles. The molecular formula is C15H12N4O4. The minimum atomic E-state index is -0.360. The fraction of sp³-hybridized carbons (Fsp3) is 0.133. The predicted octanol–water partition coefficient (Wildman–Crippen LogP) is 0.863. The fourth-order valence-corrected chi connectivity index (χ4v) is 2.38. The van der Waals surface area contributed by atoms with E-state index in [4.69, 9.17) is 9.47 Å². The fourth-order valence-electron chi connectivity index (χ4n) is 2.38. The molecule has 0 aliphatic carbocycles. The number of rotatable bonds is 3. The number of pyridine rings is 1. The van der Waals surface area contributed by atoms with Gasteiger partial charge < -0.3 is 14.8 Å². The van der Waals surface area contributed by atoms with Crippen molar-refractivity contribution < 1.29 is 14.3 Å². The van der Waals surface area contributed by atoms with Gasteiger partial charge in [-0.25, -0.2) is 9.48 Å². The Kier molecular flexibility index (Phi) is 3.00. The largest absolute Gasteiger partial charge is 0.454 e. The molecule has 1 N–H and O–H groups in total. The summed E-state index contributed by atoms with van der Waals surface area (Å²) in [5, 5.41) is 6.82. The van der Waals surface area contributed by atoms with Crippen molar-refractivity contribution >= 4 is 17.2 Å². The molecule has 1 amide bonds. The van der Waals surface area contributed by atoms with E-state index in [2.05, 4.69) is 10.4 Å². The summed E-state index contributed by atoms with van der Waals surface area (Å²) in [6.07, 6.45) is 1.61. The van der Waals surface area contributed by atoms with Crippen molar-refractivity contribution in [2.24, 2.45) is 0 Å². The van der Waals surface area contributed by atoms with Gasteiger partial charge in [0.05, 0.1) is 0 Å². The molecule has 8 heteroatoms. The minimum Gasteiger partial charge on any atom is -0.454 e. The van der Waals surface area contributed by atoms with Crippen LogP contribution in [0.5, 0.6) is 11.5 Å². The molecule has 1 aliphatic rings. The van der Waals surface area contributed by atoms with E-state index in [-0.39, 0.29) is 24.9 Å². The van der Waals surface area contributed by atoms with Gasteiger partial charge in [0.25, 0.3) is 0 Å². The molecule has 0 atom stereocenters. The molecule has 1 aromatic carbocycles. The number of hydrogen-bond acceptors (Lipinski definition) is 5. The molecule has 0 saturated heterocycles. The first-order valence-electron chi connectivity index (χ1n) is 6.94. The van der Waals surface area contributed by atoms with E-state index >= 15 is 0 Å². The quantitative estimate of drug-likeness (QED) is 0.775. The summed E-state index contributed by atoms with van der Waals surface area (Å²) in [7, 11) is 0. The van der Waals surface area contributed by atoms with Crippen LogP contribution in [0.15, 0.2) is 47.4 Å². The average Bonchev–Trinajstić information content (AvgIpc) is 3.12. The second kappa shape index (κ2) is 5.16. The third-order valence-electron chi connectivity index (χ3n) is 3.44. The molecule has 0 fully saturated rings. The highest BCUT2D eigenvalue weighted by Crippen LogP contribution is 2.34. The zero-order valence-corrected chi connectivity index (χ0v) is 11.9. The Balaban J connectivity index is 1.53. The summed E-state index contributed by atoms with van der Waals surface area (Å²) in [6.45, 7) is -0.00166. The smallest absolute Gasteiger partial charge is 0.350 e. The first-order chi connectivity index (χ1) is 11.2. The molecular weight excluding hydrogens is 300 g/mol. The Hall–Kier alpha value is -3.29. The highest BCUT2D eigenvalue weighted by molar-refractivity contribution is 5.90. The maximum absolute atomic E-state index is 12.1. The van der Waals surface area contributed by atoms with Crippen LogP contribution in [0.4, 0.5) is 5.69 Å². The highest BCUT2D eigenvalue weighted by atomic mass is 16.7.